The van der Waals surface area contributed by atoms with Gasteiger partial charge in [0.1, 0.15) is 0 Å². The Balaban J connectivity index is 2.25. The highest BCUT2D eigenvalue weighted by molar-refractivity contribution is 5.94. The molecule has 86 valence electrons. The molecule has 16 heavy (non-hydrogen) atoms. The molecule has 1 aromatic rings. The quantitative estimate of drug-likeness (QED) is 0.744. The molecule has 2 rings (SSSR count). The topological polar surface area (TPSA) is 20.3 Å². The highest BCUT2D eigenvalue weighted by Crippen LogP contribution is 2.24. The van der Waals surface area contributed by atoms with Gasteiger partial charge in [0, 0.05) is 18.7 Å². The van der Waals surface area contributed by atoms with Gasteiger partial charge in [0.2, 0.25) is 5.91 Å². The van der Waals surface area contributed by atoms with Gasteiger partial charge in [-0.2, -0.15) is 0 Å². The summed E-state index contributed by atoms with van der Waals surface area (Å²) in [5, 5.41) is 0. The van der Waals surface area contributed by atoms with E-state index in [1.54, 1.807) is 0 Å². The fourth-order valence-corrected chi connectivity index (χ4v) is 2.13. The van der Waals surface area contributed by atoms with E-state index in [2.05, 4.69) is 26.0 Å². The predicted octanol–water partition coefficient (Wildman–Crippen LogP) is 3.33. The molecule has 0 aromatic heterocycles. The Bertz CT molecular complexity index is 384. The van der Waals surface area contributed by atoms with Crippen LogP contribution in [0.25, 0.3) is 0 Å². The van der Waals surface area contributed by atoms with Crippen molar-refractivity contribution in [3.05, 3.63) is 29.8 Å². The minimum atomic E-state index is 0.271. The lowest BCUT2D eigenvalue weighted by atomic mass is 10.0. The molecule has 0 N–H and O–H groups in total. The molecule has 1 aliphatic rings. The molecule has 0 unspecified atom stereocenters. The zero-order valence-electron chi connectivity index (χ0n) is 10.1. The van der Waals surface area contributed by atoms with E-state index >= 15 is 0 Å². The molecule has 0 saturated carbocycles. The summed E-state index contributed by atoms with van der Waals surface area (Å²) in [5.41, 5.74) is 2.37. The van der Waals surface area contributed by atoms with Crippen molar-refractivity contribution in [3.8, 4) is 0 Å². The highest BCUT2D eigenvalue weighted by Gasteiger charge is 2.19. The molecule has 2 heteroatoms. The maximum atomic E-state index is 11.8. The van der Waals surface area contributed by atoms with Gasteiger partial charge >= 0.3 is 0 Å². The third kappa shape index (κ3) is 2.26. The second-order valence-electron chi connectivity index (χ2n) is 4.75. The first kappa shape index (κ1) is 11.2. The summed E-state index contributed by atoms with van der Waals surface area (Å²) >= 11 is 0. The third-order valence-corrected chi connectivity index (χ3v) is 3.17. The number of nitrogens with zero attached hydrogens (tertiary/aromatic N) is 1. The zero-order chi connectivity index (χ0) is 11.5. The average Bonchev–Trinajstić information content (AvgIpc) is 2.30. The van der Waals surface area contributed by atoms with Crippen LogP contribution in [0.2, 0.25) is 0 Å². The van der Waals surface area contributed by atoms with E-state index in [0.717, 1.165) is 25.1 Å². The van der Waals surface area contributed by atoms with Crippen molar-refractivity contribution in [2.24, 2.45) is 0 Å². The summed E-state index contributed by atoms with van der Waals surface area (Å²) in [6.07, 6.45) is 2.86. The van der Waals surface area contributed by atoms with Gasteiger partial charge in [-0.05, 0) is 36.5 Å². The molecule has 2 nitrogen and oxygen atoms in total. The van der Waals surface area contributed by atoms with Crippen molar-refractivity contribution in [1.82, 2.24) is 0 Å². The van der Waals surface area contributed by atoms with Crippen LogP contribution in [0.15, 0.2) is 24.3 Å². The first-order valence-electron chi connectivity index (χ1n) is 6.09. The molecule has 1 heterocycles. The highest BCUT2D eigenvalue weighted by atomic mass is 16.2. The fraction of sp³-hybridized carbons (Fsp3) is 0.500. The van der Waals surface area contributed by atoms with Gasteiger partial charge in [0.25, 0.3) is 0 Å². The van der Waals surface area contributed by atoms with E-state index in [0.29, 0.717) is 12.3 Å². The summed E-state index contributed by atoms with van der Waals surface area (Å²) < 4.78 is 0. The van der Waals surface area contributed by atoms with Gasteiger partial charge in [-0.3, -0.25) is 4.79 Å². The Morgan fingerprint density at radius 1 is 1.25 bits per heavy atom. The van der Waals surface area contributed by atoms with Crippen LogP contribution in [-0.4, -0.2) is 12.5 Å². The Hall–Kier alpha value is -1.31. The van der Waals surface area contributed by atoms with E-state index in [9.17, 15) is 4.79 Å². The predicted molar refractivity (Wildman–Crippen MR) is 66.7 cm³/mol. The average molecular weight is 217 g/mol. The molecule has 0 spiro atoms. The number of hydrogen-bond acceptors (Lipinski definition) is 1. The van der Waals surface area contributed by atoms with Crippen molar-refractivity contribution < 1.29 is 4.79 Å². The van der Waals surface area contributed by atoms with Crippen LogP contribution >= 0.6 is 0 Å². The number of piperidine rings is 1. The Morgan fingerprint density at radius 3 is 2.75 bits per heavy atom. The van der Waals surface area contributed by atoms with Gasteiger partial charge in [0.05, 0.1) is 0 Å². The van der Waals surface area contributed by atoms with Gasteiger partial charge in [-0.1, -0.05) is 26.0 Å². The monoisotopic (exact) mass is 217 g/mol. The number of rotatable bonds is 2. The van der Waals surface area contributed by atoms with Crippen LogP contribution in [0, 0.1) is 0 Å². The van der Waals surface area contributed by atoms with Crippen molar-refractivity contribution in [1.29, 1.82) is 0 Å². The Kier molecular flexibility index (Phi) is 3.28. The SMILES string of the molecule is CC(C)c1cccc(N2CCCCC2=O)c1. The number of carbonyl (C=O) groups is 1. The van der Waals surface area contributed by atoms with Crippen LogP contribution in [0.5, 0.6) is 0 Å². The van der Waals surface area contributed by atoms with Crippen molar-refractivity contribution in [2.75, 3.05) is 11.4 Å². The summed E-state index contributed by atoms with van der Waals surface area (Å²) in [5.74, 6) is 0.784. The fourth-order valence-electron chi connectivity index (χ4n) is 2.13. The maximum Gasteiger partial charge on any atom is 0.226 e. The summed E-state index contributed by atoms with van der Waals surface area (Å²) in [6, 6.07) is 8.36. The molecular formula is C14H19NO. The number of hydrogen-bond donors (Lipinski definition) is 0. The zero-order valence-corrected chi connectivity index (χ0v) is 10.1. The van der Waals surface area contributed by atoms with Crippen LogP contribution in [0.1, 0.15) is 44.6 Å². The largest absolute Gasteiger partial charge is 0.312 e. The number of amides is 1. The van der Waals surface area contributed by atoms with Crippen molar-refractivity contribution in [3.63, 3.8) is 0 Å². The van der Waals surface area contributed by atoms with Gasteiger partial charge < -0.3 is 4.90 Å². The molecule has 1 saturated heterocycles. The normalized spacial score (nSPS) is 16.9. The lowest BCUT2D eigenvalue weighted by molar-refractivity contribution is -0.119. The van der Waals surface area contributed by atoms with E-state index in [1.807, 2.05) is 17.0 Å². The van der Waals surface area contributed by atoms with Crippen LogP contribution in [0.4, 0.5) is 5.69 Å². The van der Waals surface area contributed by atoms with Gasteiger partial charge in [-0.25, -0.2) is 0 Å². The van der Waals surface area contributed by atoms with Crippen LogP contribution in [-0.2, 0) is 4.79 Å². The van der Waals surface area contributed by atoms with Gasteiger partial charge in [-0.15, -0.1) is 0 Å². The summed E-state index contributed by atoms with van der Waals surface area (Å²) in [7, 11) is 0. The van der Waals surface area contributed by atoms with Crippen LogP contribution in [0.3, 0.4) is 0 Å². The van der Waals surface area contributed by atoms with E-state index < -0.39 is 0 Å². The van der Waals surface area contributed by atoms with E-state index in [1.165, 1.54) is 5.56 Å². The lowest BCUT2D eigenvalue weighted by Gasteiger charge is -2.27. The molecule has 0 radical (unpaired) electrons. The molecule has 1 amide bonds. The van der Waals surface area contributed by atoms with E-state index in [-0.39, 0.29) is 5.91 Å². The Morgan fingerprint density at radius 2 is 2.06 bits per heavy atom. The second-order valence-corrected chi connectivity index (χ2v) is 4.75. The first-order chi connectivity index (χ1) is 7.68. The molecule has 1 fully saturated rings. The molecular weight excluding hydrogens is 198 g/mol. The van der Waals surface area contributed by atoms with Gasteiger partial charge in [0.15, 0.2) is 0 Å². The summed E-state index contributed by atoms with van der Waals surface area (Å²) in [6.45, 7) is 5.23. The maximum absolute atomic E-state index is 11.8. The second kappa shape index (κ2) is 4.69. The van der Waals surface area contributed by atoms with Crippen molar-refractivity contribution >= 4 is 11.6 Å². The van der Waals surface area contributed by atoms with E-state index in [4.69, 9.17) is 0 Å². The minimum absolute atomic E-state index is 0.271. The molecule has 0 bridgehead atoms. The number of anilines is 1. The third-order valence-electron chi connectivity index (χ3n) is 3.17. The molecule has 1 aromatic carbocycles. The molecule has 0 aliphatic carbocycles. The Labute approximate surface area is 97.3 Å². The number of benzene rings is 1. The minimum Gasteiger partial charge on any atom is -0.312 e. The number of carbonyl (C=O) groups excluding carboxylic acids is 1. The smallest absolute Gasteiger partial charge is 0.226 e. The molecule has 0 atom stereocenters. The van der Waals surface area contributed by atoms with Crippen LogP contribution < -0.4 is 4.90 Å². The molecule has 1 aliphatic heterocycles. The lowest BCUT2D eigenvalue weighted by Crippen LogP contribution is -2.35. The standard InChI is InChI=1S/C14H19NO/c1-11(2)12-6-5-7-13(10-12)15-9-4-3-8-14(15)16/h5-7,10-11H,3-4,8-9H2,1-2H3. The first-order valence-corrected chi connectivity index (χ1v) is 6.09. The van der Waals surface area contributed by atoms with Crippen molar-refractivity contribution in [2.45, 2.75) is 39.0 Å². The summed E-state index contributed by atoms with van der Waals surface area (Å²) in [4.78, 5) is 13.7.